The van der Waals surface area contributed by atoms with E-state index in [1.807, 2.05) is 24.3 Å². The Kier molecular flexibility index (Phi) is 6.27. The molecular weight excluding hydrogens is 346 g/mol. The summed E-state index contributed by atoms with van der Waals surface area (Å²) in [7, 11) is 0. The van der Waals surface area contributed by atoms with Crippen molar-refractivity contribution in [2.24, 2.45) is 0 Å². The number of amides is 1. The SMILES string of the molecule is O=C(Nc1ccc(N2CCCC2)cc1)c1ccc(CN2CCCCCC2)cc1. The van der Waals surface area contributed by atoms with Crippen molar-refractivity contribution in [2.45, 2.75) is 45.1 Å². The van der Waals surface area contributed by atoms with Gasteiger partial charge in [-0.15, -0.1) is 0 Å². The molecule has 0 aliphatic carbocycles. The van der Waals surface area contributed by atoms with E-state index in [-0.39, 0.29) is 5.91 Å². The molecule has 4 nitrogen and oxygen atoms in total. The number of likely N-dealkylation sites (tertiary alicyclic amines) is 1. The summed E-state index contributed by atoms with van der Waals surface area (Å²) in [5, 5.41) is 3.02. The molecule has 2 aliphatic heterocycles. The fourth-order valence-corrected chi connectivity index (χ4v) is 4.25. The highest BCUT2D eigenvalue weighted by molar-refractivity contribution is 6.04. The first-order valence-electron chi connectivity index (χ1n) is 10.8. The van der Waals surface area contributed by atoms with Crippen molar-refractivity contribution < 1.29 is 4.79 Å². The highest BCUT2D eigenvalue weighted by atomic mass is 16.1. The van der Waals surface area contributed by atoms with E-state index in [1.54, 1.807) is 0 Å². The first-order chi connectivity index (χ1) is 13.8. The van der Waals surface area contributed by atoms with Crippen LogP contribution in [0.25, 0.3) is 0 Å². The zero-order chi connectivity index (χ0) is 19.2. The maximum Gasteiger partial charge on any atom is 0.255 e. The lowest BCUT2D eigenvalue weighted by molar-refractivity contribution is 0.102. The van der Waals surface area contributed by atoms with Crippen LogP contribution in [0.5, 0.6) is 0 Å². The Hall–Kier alpha value is -2.33. The van der Waals surface area contributed by atoms with E-state index in [2.05, 4.69) is 39.4 Å². The minimum atomic E-state index is -0.0461. The minimum absolute atomic E-state index is 0.0461. The van der Waals surface area contributed by atoms with Gasteiger partial charge in [0.1, 0.15) is 0 Å². The van der Waals surface area contributed by atoms with E-state index in [4.69, 9.17) is 0 Å². The molecule has 0 bridgehead atoms. The van der Waals surface area contributed by atoms with Crippen LogP contribution in [0.2, 0.25) is 0 Å². The molecule has 1 amide bonds. The Morgan fingerprint density at radius 3 is 2.00 bits per heavy atom. The van der Waals surface area contributed by atoms with Crippen molar-refractivity contribution in [2.75, 3.05) is 36.4 Å². The van der Waals surface area contributed by atoms with Gasteiger partial charge in [-0.2, -0.15) is 0 Å². The molecule has 148 valence electrons. The molecule has 0 spiro atoms. The largest absolute Gasteiger partial charge is 0.372 e. The van der Waals surface area contributed by atoms with Crippen LogP contribution in [-0.4, -0.2) is 37.0 Å². The molecule has 1 N–H and O–H groups in total. The van der Waals surface area contributed by atoms with Crippen LogP contribution in [0.4, 0.5) is 11.4 Å². The van der Waals surface area contributed by atoms with E-state index in [1.165, 1.54) is 62.9 Å². The summed E-state index contributed by atoms with van der Waals surface area (Å²) in [6.07, 6.45) is 7.86. The maximum absolute atomic E-state index is 12.6. The second kappa shape index (κ2) is 9.24. The van der Waals surface area contributed by atoms with Crippen LogP contribution in [0.3, 0.4) is 0 Å². The van der Waals surface area contributed by atoms with Crippen LogP contribution in [-0.2, 0) is 6.54 Å². The van der Waals surface area contributed by atoms with Gasteiger partial charge in [-0.1, -0.05) is 25.0 Å². The maximum atomic E-state index is 12.6. The lowest BCUT2D eigenvalue weighted by Crippen LogP contribution is -2.24. The molecule has 2 aliphatic rings. The molecule has 0 saturated carbocycles. The molecule has 0 atom stereocenters. The number of hydrogen-bond donors (Lipinski definition) is 1. The van der Waals surface area contributed by atoms with Gasteiger partial charge in [0, 0.05) is 36.6 Å². The molecule has 2 saturated heterocycles. The van der Waals surface area contributed by atoms with Gasteiger partial charge in [-0.25, -0.2) is 0 Å². The highest BCUT2D eigenvalue weighted by Crippen LogP contribution is 2.22. The summed E-state index contributed by atoms with van der Waals surface area (Å²) < 4.78 is 0. The van der Waals surface area contributed by atoms with Crippen molar-refractivity contribution in [3.63, 3.8) is 0 Å². The number of benzene rings is 2. The normalized spacial score (nSPS) is 18.1. The van der Waals surface area contributed by atoms with E-state index in [9.17, 15) is 4.79 Å². The lowest BCUT2D eigenvalue weighted by Gasteiger charge is -2.19. The fourth-order valence-electron chi connectivity index (χ4n) is 4.25. The van der Waals surface area contributed by atoms with Gasteiger partial charge < -0.3 is 10.2 Å². The number of nitrogens with one attached hydrogen (secondary N) is 1. The van der Waals surface area contributed by atoms with Crippen LogP contribution in [0.15, 0.2) is 48.5 Å². The molecule has 0 radical (unpaired) electrons. The average Bonchev–Trinajstić information content (AvgIpc) is 3.14. The van der Waals surface area contributed by atoms with E-state index < -0.39 is 0 Å². The van der Waals surface area contributed by atoms with Crippen molar-refractivity contribution in [3.05, 3.63) is 59.7 Å². The van der Waals surface area contributed by atoms with Crippen molar-refractivity contribution in [3.8, 4) is 0 Å². The summed E-state index contributed by atoms with van der Waals surface area (Å²) in [5.74, 6) is -0.0461. The molecule has 2 heterocycles. The molecular formula is C24H31N3O. The number of rotatable bonds is 5. The fraction of sp³-hybridized carbons (Fsp3) is 0.458. The molecule has 4 heteroatoms. The second-order valence-electron chi connectivity index (χ2n) is 8.08. The van der Waals surface area contributed by atoms with Gasteiger partial charge in [0.25, 0.3) is 5.91 Å². The third kappa shape index (κ3) is 4.93. The standard InChI is InChI=1S/C24H31N3O/c28-24(25-22-11-13-23(14-12-22)27-17-5-6-18-27)21-9-7-20(8-10-21)19-26-15-3-1-2-4-16-26/h7-14H,1-6,15-19H2,(H,25,28). The van der Waals surface area contributed by atoms with Crippen molar-refractivity contribution >= 4 is 17.3 Å². The summed E-state index contributed by atoms with van der Waals surface area (Å²) >= 11 is 0. The van der Waals surface area contributed by atoms with Gasteiger partial charge in [-0.05, 0) is 80.7 Å². The quantitative estimate of drug-likeness (QED) is 0.804. The zero-order valence-corrected chi connectivity index (χ0v) is 16.7. The van der Waals surface area contributed by atoms with Crippen LogP contribution >= 0.6 is 0 Å². The lowest BCUT2D eigenvalue weighted by atomic mass is 10.1. The molecule has 0 aromatic heterocycles. The number of hydrogen-bond acceptors (Lipinski definition) is 3. The molecule has 0 unspecified atom stereocenters. The first-order valence-corrected chi connectivity index (χ1v) is 10.8. The van der Waals surface area contributed by atoms with Gasteiger partial charge >= 0.3 is 0 Å². The van der Waals surface area contributed by atoms with Crippen LogP contribution < -0.4 is 10.2 Å². The zero-order valence-electron chi connectivity index (χ0n) is 16.7. The smallest absolute Gasteiger partial charge is 0.255 e. The molecule has 4 rings (SSSR count). The average molecular weight is 378 g/mol. The number of carbonyl (C=O) groups is 1. The Morgan fingerprint density at radius 1 is 0.750 bits per heavy atom. The molecule has 2 fully saturated rings. The van der Waals surface area contributed by atoms with Crippen LogP contribution in [0, 0.1) is 0 Å². The number of anilines is 2. The Balaban J connectivity index is 1.32. The van der Waals surface area contributed by atoms with Crippen LogP contribution in [0.1, 0.15) is 54.4 Å². The summed E-state index contributed by atoms with van der Waals surface area (Å²) in [6.45, 7) is 5.64. The summed E-state index contributed by atoms with van der Waals surface area (Å²) in [4.78, 5) is 17.5. The Bertz CT molecular complexity index is 755. The number of nitrogens with zero attached hydrogens (tertiary/aromatic N) is 2. The Labute approximate surface area is 168 Å². The Morgan fingerprint density at radius 2 is 1.36 bits per heavy atom. The first kappa shape index (κ1) is 19.0. The van der Waals surface area contributed by atoms with Gasteiger partial charge in [0.15, 0.2) is 0 Å². The van der Waals surface area contributed by atoms with Crippen molar-refractivity contribution in [1.82, 2.24) is 4.90 Å². The van der Waals surface area contributed by atoms with Gasteiger partial charge in [-0.3, -0.25) is 9.69 Å². The minimum Gasteiger partial charge on any atom is -0.372 e. The third-order valence-electron chi connectivity index (χ3n) is 5.92. The predicted molar refractivity (Wildman–Crippen MR) is 116 cm³/mol. The number of carbonyl (C=O) groups excluding carboxylic acids is 1. The van der Waals surface area contributed by atoms with E-state index in [0.717, 1.165) is 25.3 Å². The highest BCUT2D eigenvalue weighted by Gasteiger charge is 2.13. The van der Waals surface area contributed by atoms with Crippen molar-refractivity contribution in [1.29, 1.82) is 0 Å². The second-order valence-corrected chi connectivity index (χ2v) is 8.08. The third-order valence-corrected chi connectivity index (χ3v) is 5.92. The predicted octanol–water partition coefficient (Wildman–Crippen LogP) is 4.92. The van der Waals surface area contributed by atoms with E-state index >= 15 is 0 Å². The summed E-state index contributed by atoms with van der Waals surface area (Å²) in [6, 6.07) is 16.3. The molecule has 28 heavy (non-hydrogen) atoms. The monoisotopic (exact) mass is 377 g/mol. The summed E-state index contributed by atoms with van der Waals surface area (Å²) in [5.41, 5.74) is 4.09. The van der Waals surface area contributed by atoms with E-state index in [0.29, 0.717) is 5.56 Å². The molecule has 2 aromatic carbocycles. The molecule has 2 aromatic rings. The van der Waals surface area contributed by atoms with Gasteiger partial charge in [0.2, 0.25) is 0 Å². The topological polar surface area (TPSA) is 35.6 Å². The van der Waals surface area contributed by atoms with Gasteiger partial charge in [0.05, 0.1) is 0 Å².